The van der Waals surface area contributed by atoms with Crippen LogP contribution in [-0.4, -0.2) is 75.6 Å². The van der Waals surface area contributed by atoms with E-state index in [1.54, 1.807) is 51.1 Å². The van der Waals surface area contributed by atoms with Crippen molar-refractivity contribution in [2.45, 2.75) is 56.5 Å². The highest BCUT2D eigenvalue weighted by molar-refractivity contribution is 6.30. The first-order valence-electron chi connectivity index (χ1n) is 16.9. The van der Waals surface area contributed by atoms with E-state index in [9.17, 15) is 9.90 Å². The average Bonchev–Trinajstić information content (AvgIpc) is 3.63. The number of likely N-dealkylation sites (tertiary alicyclic amines) is 1. The molecule has 8 nitrogen and oxygen atoms in total. The van der Waals surface area contributed by atoms with Gasteiger partial charge in [0, 0.05) is 30.3 Å². The molecule has 49 heavy (non-hydrogen) atoms. The summed E-state index contributed by atoms with van der Waals surface area (Å²) in [6.07, 6.45) is 4.05. The number of benzene rings is 3. The standard InChI is InChI=1S/C40H44ClN3O5/c1-5-21-42(25-29-15-11-8-12-16-29)36(46)33-34-37(47)44(32(26-45)23-28-13-9-7-10-14-28)35(40(34)24-27(3)39(33,4)49-40)38(48)43(22-6-2)31-19-17-30(41)18-20-31/h5-20,27,32-35,45H,1-2,21-26H2,3-4H3/t27?,32-,33-,34+,35?,39+,40?/m1/s1. The van der Waals surface area contributed by atoms with E-state index in [2.05, 4.69) is 13.2 Å². The van der Waals surface area contributed by atoms with Gasteiger partial charge in [-0.15, -0.1) is 13.2 Å². The molecule has 0 aromatic heterocycles. The fourth-order valence-corrected chi connectivity index (χ4v) is 8.60. The lowest BCUT2D eigenvalue weighted by molar-refractivity contribution is -0.154. The van der Waals surface area contributed by atoms with Crippen LogP contribution in [0, 0.1) is 17.8 Å². The van der Waals surface area contributed by atoms with E-state index in [1.165, 1.54) is 0 Å². The number of rotatable bonds is 13. The Kier molecular flexibility index (Phi) is 9.85. The zero-order valence-electron chi connectivity index (χ0n) is 28.1. The van der Waals surface area contributed by atoms with Gasteiger partial charge in [0.2, 0.25) is 11.8 Å². The molecule has 3 aliphatic rings. The predicted octanol–water partition coefficient (Wildman–Crippen LogP) is 5.69. The summed E-state index contributed by atoms with van der Waals surface area (Å²) < 4.78 is 7.05. The first-order chi connectivity index (χ1) is 23.6. The molecule has 3 aromatic carbocycles. The summed E-state index contributed by atoms with van der Waals surface area (Å²) in [5.74, 6) is -2.86. The van der Waals surface area contributed by atoms with E-state index >= 15 is 9.59 Å². The minimum atomic E-state index is -1.30. The molecule has 0 saturated carbocycles. The summed E-state index contributed by atoms with van der Waals surface area (Å²) in [6.45, 7) is 12.2. The number of hydrogen-bond acceptors (Lipinski definition) is 5. The molecular formula is C40H44ClN3O5. The number of hydrogen-bond donors (Lipinski definition) is 1. The summed E-state index contributed by atoms with van der Waals surface area (Å²) in [6, 6.07) is 24.4. The maximum absolute atomic E-state index is 15.1. The summed E-state index contributed by atoms with van der Waals surface area (Å²) in [5, 5.41) is 11.4. The van der Waals surface area contributed by atoms with E-state index in [0.29, 0.717) is 30.1 Å². The third-order valence-corrected chi connectivity index (χ3v) is 11.0. The highest BCUT2D eigenvalue weighted by atomic mass is 35.5. The molecule has 3 heterocycles. The van der Waals surface area contributed by atoms with Crippen molar-refractivity contribution < 1.29 is 24.2 Å². The van der Waals surface area contributed by atoms with Crippen LogP contribution in [-0.2, 0) is 32.1 Å². The molecule has 0 aliphatic carbocycles. The summed E-state index contributed by atoms with van der Waals surface area (Å²) in [5.41, 5.74) is 0.146. The highest BCUT2D eigenvalue weighted by Crippen LogP contribution is 2.66. The fourth-order valence-electron chi connectivity index (χ4n) is 8.47. The number of halogens is 1. The number of fused-ring (bicyclic) bond motifs is 1. The number of carbonyl (C=O) groups is 3. The maximum Gasteiger partial charge on any atom is 0.253 e. The number of aliphatic hydroxyl groups is 1. The van der Waals surface area contributed by atoms with Gasteiger partial charge in [0.25, 0.3) is 5.91 Å². The van der Waals surface area contributed by atoms with Gasteiger partial charge in [-0.25, -0.2) is 0 Å². The normalized spacial score (nSPS) is 27.4. The van der Waals surface area contributed by atoms with E-state index in [0.717, 1.165) is 11.1 Å². The summed E-state index contributed by atoms with van der Waals surface area (Å²) in [7, 11) is 0. The molecule has 0 radical (unpaired) electrons. The van der Waals surface area contributed by atoms with Gasteiger partial charge >= 0.3 is 0 Å². The molecule has 6 rings (SSSR count). The maximum atomic E-state index is 15.1. The van der Waals surface area contributed by atoms with Crippen LogP contribution in [0.1, 0.15) is 31.4 Å². The third kappa shape index (κ3) is 6.00. The Morgan fingerprint density at radius 1 is 0.980 bits per heavy atom. The topological polar surface area (TPSA) is 90.4 Å². The molecule has 1 spiro atoms. The Hall–Kier alpha value is -4.24. The Morgan fingerprint density at radius 2 is 1.59 bits per heavy atom. The number of anilines is 1. The van der Waals surface area contributed by atoms with Crippen LogP contribution in [0.4, 0.5) is 5.69 Å². The Bertz CT molecular complexity index is 1700. The number of carbonyl (C=O) groups excluding carboxylic acids is 3. The van der Waals surface area contributed by atoms with Crippen LogP contribution in [0.15, 0.2) is 110 Å². The second kappa shape index (κ2) is 13.9. The minimum Gasteiger partial charge on any atom is -0.394 e. The molecule has 7 atom stereocenters. The van der Waals surface area contributed by atoms with Crippen LogP contribution < -0.4 is 4.90 Å². The Labute approximate surface area is 293 Å². The molecule has 3 amide bonds. The number of nitrogens with zero attached hydrogens (tertiary/aromatic N) is 3. The van der Waals surface area contributed by atoms with Gasteiger partial charge in [-0.2, -0.15) is 0 Å². The van der Waals surface area contributed by atoms with Gasteiger partial charge in [0.1, 0.15) is 11.6 Å². The van der Waals surface area contributed by atoms with Crippen molar-refractivity contribution >= 4 is 35.0 Å². The first-order valence-corrected chi connectivity index (χ1v) is 17.3. The van der Waals surface area contributed by atoms with Crippen molar-refractivity contribution in [3.05, 3.63) is 126 Å². The van der Waals surface area contributed by atoms with Crippen molar-refractivity contribution in [3.63, 3.8) is 0 Å². The lowest BCUT2D eigenvalue weighted by Gasteiger charge is -2.39. The van der Waals surface area contributed by atoms with Crippen molar-refractivity contribution in [2.75, 3.05) is 24.6 Å². The molecular weight excluding hydrogens is 638 g/mol. The van der Waals surface area contributed by atoms with Gasteiger partial charge in [-0.05, 0) is 61.1 Å². The first kappa shape index (κ1) is 34.6. The second-order valence-electron chi connectivity index (χ2n) is 13.7. The van der Waals surface area contributed by atoms with Gasteiger partial charge in [-0.1, -0.05) is 91.3 Å². The second-order valence-corrected chi connectivity index (χ2v) is 14.1. The smallest absolute Gasteiger partial charge is 0.253 e. The van der Waals surface area contributed by atoms with Crippen molar-refractivity contribution in [3.8, 4) is 0 Å². The number of amides is 3. The average molecular weight is 682 g/mol. The third-order valence-electron chi connectivity index (χ3n) is 10.8. The molecule has 256 valence electrons. The highest BCUT2D eigenvalue weighted by Gasteiger charge is 2.80. The Balaban J connectivity index is 1.47. The van der Waals surface area contributed by atoms with Crippen LogP contribution >= 0.6 is 11.6 Å². The fraction of sp³-hybridized carbons (Fsp3) is 0.375. The van der Waals surface area contributed by atoms with Crippen molar-refractivity contribution in [1.82, 2.24) is 9.80 Å². The lowest BCUT2D eigenvalue weighted by atomic mass is 9.62. The summed E-state index contributed by atoms with van der Waals surface area (Å²) >= 11 is 6.21. The van der Waals surface area contributed by atoms with E-state index in [-0.39, 0.29) is 43.3 Å². The lowest BCUT2D eigenvalue weighted by Crippen LogP contribution is -2.59. The SMILES string of the molecule is C=CCN(Cc1ccccc1)C(=O)[C@H]1[C@H]2C(=O)N([C@@H](CO)Cc3ccccc3)C(C(=O)N(CC=C)c3ccc(Cl)cc3)C23CC(C)[C@]1(C)O3. The Morgan fingerprint density at radius 3 is 2.18 bits per heavy atom. The van der Waals surface area contributed by atoms with Crippen LogP contribution in [0.3, 0.4) is 0 Å². The van der Waals surface area contributed by atoms with Crippen molar-refractivity contribution in [1.29, 1.82) is 0 Å². The molecule has 3 unspecified atom stereocenters. The van der Waals surface area contributed by atoms with Gasteiger partial charge in [0.05, 0.1) is 30.1 Å². The number of ether oxygens (including phenoxy) is 1. The van der Waals surface area contributed by atoms with E-state index < -0.39 is 35.1 Å². The predicted molar refractivity (Wildman–Crippen MR) is 191 cm³/mol. The van der Waals surface area contributed by atoms with Crippen LogP contribution in [0.2, 0.25) is 5.02 Å². The quantitative estimate of drug-likeness (QED) is 0.234. The summed E-state index contributed by atoms with van der Waals surface area (Å²) in [4.78, 5) is 49.9. The van der Waals surface area contributed by atoms with Gasteiger partial charge in [-0.3, -0.25) is 14.4 Å². The molecule has 2 bridgehead atoms. The zero-order valence-corrected chi connectivity index (χ0v) is 28.8. The van der Waals surface area contributed by atoms with Gasteiger partial charge < -0.3 is 24.5 Å². The van der Waals surface area contributed by atoms with Crippen molar-refractivity contribution in [2.24, 2.45) is 17.8 Å². The molecule has 3 saturated heterocycles. The van der Waals surface area contributed by atoms with E-state index in [4.69, 9.17) is 16.3 Å². The molecule has 3 aromatic rings. The molecule has 1 N–H and O–H groups in total. The molecule has 3 fully saturated rings. The van der Waals surface area contributed by atoms with Gasteiger partial charge in [0.15, 0.2) is 0 Å². The monoisotopic (exact) mass is 681 g/mol. The zero-order chi connectivity index (χ0) is 34.9. The van der Waals surface area contributed by atoms with E-state index in [1.807, 2.05) is 74.5 Å². The number of aliphatic hydroxyl groups excluding tert-OH is 1. The van der Waals surface area contributed by atoms with Crippen LogP contribution in [0.25, 0.3) is 0 Å². The molecule has 9 heteroatoms. The largest absolute Gasteiger partial charge is 0.394 e. The van der Waals surface area contributed by atoms with Crippen LogP contribution in [0.5, 0.6) is 0 Å². The molecule has 3 aliphatic heterocycles. The minimum absolute atomic E-state index is 0.145.